The van der Waals surface area contributed by atoms with Crippen LogP contribution in [0.1, 0.15) is 18.4 Å². The number of carbonyl (C=O) groups is 2. The Hall–Kier alpha value is -2.42. The van der Waals surface area contributed by atoms with Gasteiger partial charge >= 0.3 is 12.3 Å². The van der Waals surface area contributed by atoms with E-state index in [1.54, 1.807) is 0 Å². The van der Waals surface area contributed by atoms with Gasteiger partial charge in [0.25, 0.3) is 5.91 Å². The molecule has 2 saturated heterocycles. The van der Waals surface area contributed by atoms with Gasteiger partial charge in [0.1, 0.15) is 5.54 Å². The Kier molecular flexibility index (Phi) is 3.17. The van der Waals surface area contributed by atoms with E-state index in [2.05, 4.69) is 14.8 Å². The van der Waals surface area contributed by atoms with Crippen molar-refractivity contribution < 1.29 is 32.6 Å². The van der Waals surface area contributed by atoms with Crippen molar-refractivity contribution in [1.29, 1.82) is 0 Å². The maximum atomic E-state index is 13.1. The highest BCUT2D eigenvalue weighted by Crippen LogP contribution is 2.41. The molecule has 4 rings (SSSR count). The summed E-state index contributed by atoms with van der Waals surface area (Å²) in [6.07, 6.45) is -2.86. The lowest BCUT2D eigenvalue weighted by atomic mass is 9.90. The monoisotopic (exact) mass is 340 g/mol. The van der Waals surface area contributed by atoms with Crippen LogP contribution in [0.2, 0.25) is 0 Å². The van der Waals surface area contributed by atoms with E-state index in [1.165, 1.54) is 18.2 Å². The van der Waals surface area contributed by atoms with E-state index in [9.17, 15) is 18.4 Å². The number of hydrogen-bond acceptors (Lipinski definition) is 5. The molecule has 1 N–H and O–H groups in total. The second-order valence-electron chi connectivity index (χ2n) is 5.96. The van der Waals surface area contributed by atoms with Gasteiger partial charge < -0.3 is 19.5 Å². The first-order valence-corrected chi connectivity index (χ1v) is 7.49. The molecule has 3 amide bonds. The van der Waals surface area contributed by atoms with Gasteiger partial charge in [-0.2, -0.15) is 0 Å². The summed E-state index contributed by atoms with van der Waals surface area (Å²) >= 11 is 0. The highest BCUT2D eigenvalue weighted by atomic mass is 19.3. The zero-order valence-corrected chi connectivity index (χ0v) is 12.5. The quantitative estimate of drug-likeness (QED) is 0.828. The number of imide groups is 1. The average Bonchev–Trinajstić information content (AvgIpc) is 2.95. The minimum Gasteiger partial charge on any atom is -0.395 e. The third-order valence-electron chi connectivity index (χ3n) is 4.40. The number of benzene rings is 1. The molecule has 0 bridgehead atoms. The van der Waals surface area contributed by atoms with Crippen LogP contribution in [0.3, 0.4) is 0 Å². The van der Waals surface area contributed by atoms with Crippen molar-refractivity contribution in [1.82, 2.24) is 10.2 Å². The number of fused-ring (bicyclic) bond motifs is 1. The van der Waals surface area contributed by atoms with E-state index in [1.807, 2.05) is 0 Å². The predicted octanol–water partition coefficient (Wildman–Crippen LogP) is 1.61. The van der Waals surface area contributed by atoms with Crippen molar-refractivity contribution in [2.24, 2.45) is 0 Å². The second kappa shape index (κ2) is 5.04. The van der Waals surface area contributed by atoms with E-state index < -0.39 is 17.9 Å². The fourth-order valence-corrected chi connectivity index (χ4v) is 3.15. The van der Waals surface area contributed by atoms with Gasteiger partial charge in [-0.1, -0.05) is 6.07 Å². The van der Waals surface area contributed by atoms with Gasteiger partial charge in [0.05, 0.1) is 6.54 Å². The van der Waals surface area contributed by atoms with E-state index in [-0.39, 0.29) is 24.0 Å². The van der Waals surface area contributed by atoms with Crippen molar-refractivity contribution in [3.63, 3.8) is 0 Å². The molecule has 3 aliphatic rings. The van der Waals surface area contributed by atoms with Crippen LogP contribution in [0, 0.1) is 0 Å². The van der Waals surface area contributed by atoms with E-state index >= 15 is 0 Å². The summed E-state index contributed by atoms with van der Waals surface area (Å²) in [4.78, 5) is 25.9. The number of rotatable bonds is 2. The molecule has 9 heteroatoms. The Labute approximate surface area is 135 Å². The first-order valence-electron chi connectivity index (χ1n) is 7.49. The Morgan fingerprint density at radius 1 is 1.12 bits per heavy atom. The molecule has 128 valence electrons. The Bertz CT molecular complexity index is 718. The fourth-order valence-electron chi connectivity index (χ4n) is 3.15. The number of nitrogens with zero attached hydrogens (tertiary/aromatic N) is 1. The summed E-state index contributed by atoms with van der Waals surface area (Å²) in [6, 6.07) is 3.68. The number of urea groups is 1. The minimum absolute atomic E-state index is 0.0323. The first-order chi connectivity index (χ1) is 11.4. The van der Waals surface area contributed by atoms with E-state index in [4.69, 9.17) is 4.74 Å². The lowest BCUT2D eigenvalue weighted by Crippen LogP contribution is -2.51. The van der Waals surface area contributed by atoms with Gasteiger partial charge in [-0.25, -0.2) is 4.79 Å². The summed E-state index contributed by atoms with van der Waals surface area (Å²) in [5.41, 5.74) is -0.429. The highest BCUT2D eigenvalue weighted by molar-refractivity contribution is 6.07. The predicted molar refractivity (Wildman–Crippen MR) is 74.5 cm³/mol. The summed E-state index contributed by atoms with van der Waals surface area (Å²) in [6.45, 7) is 0.771. The van der Waals surface area contributed by atoms with E-state index in [0.717, 1.165) is 4.90 Å². The molecular formula is C15H14F2N2O5. The standard InChI is InChI=1S/C15H14F2N2O5/c16-15(17)23-10-2-1-9(7-11(10)24-15)8-19-12(20)14(18-13(19)21)3-5-22-6-4-14/h1-2,7H,3-6,8H2,(H,18,21). The van der Waals surface area contributed by atoms with E-state index in [0.29, 0.717) is 31.6 Å². The average molecular weight is 340 g/mol. The van der Waals surface area contributed by atoms with Gasteiger partial charge in [-0.05, 0) is 17.7 Å². The van der Waals surface area contributed by atoms with Crippen LogP contribution in [0.25, 0.3) is 0 Å². The molecule has 0 aromatic heterocycles. The molecule has 24 heavy (non-hydrogen) atoms. The minimum atomic E-state index is -3.70. The number of ether oxygens (including phenoxy) is 3. The molecule has 1 aromatic carbocycles. The van der Waals surface area contributed by atoms with Gasteiger partial charge in [-0.3, -0.25) is 9.69 Å². The molecule has 0 radical (unpaired) electrons. The van der Waals surface area contributed by atoms with Crippen molar-refractivity contribution in [2.45, 2.75) is 31.2 Å². The largest absolute Gasteiger partial charge is 0.586 e. The maximum absolute atomic E-state index is 13.1. The third kappa shape index (κ3) is 2.35. The van der Waals surface area contributed by atoms with Crippen LogP contribution in [-0.2, 0) is 16.1 Å². The van der Waals surface area contributed by atoms with Gasteiger partial charge in [0.15, 0.2) is 11.5 Å². The normalized spacial score (nSPS) is 23.7. The van der Waals surface area contributed by atoms with Gasteiger partial charge in [-0.15, -0.1) is 8.78 Å². The molecule has 2 fully saturated rings. The molecule has 1 aromatic rings. The van der Waals surface area contributed by atoms with Crippen LogP contribution in [0.4, 0.5) is 13.6 Å². The van der Waals surface area contributed by atoms with Crippen molar-refractivity contribution >= 4 is 11.9 Å². The molecule has 7 nitrogen and oxygen atoms in total. The molecule has 0 atom stereocenters. The zero-order chi connectivity index (χ0) is 16.9. The fraction of sp³-hybridized carbons (Fsp3) is 0.467. The molecular weight excluding hydrogens is 326 g/mol. The Morgan fingerprint density at radius 3 is 2.58 bits per heavy atom. The first kappa shape index (κ1) is 15.1. The summed E-state index contributed by atoms with van der Waals surface area (Å²) in [5, 5.41) is 2.74. The second-order valence-corrected chi connectivity index (χ2v) is 5.96. The number of alkyl halides is 2. The van der Waals surface area contributed by atoms with Crippen molar-refractivity contribution in [3.8, 4) is 11.5 Å². The lowest BCUT2D eigenvalue weighted by Gasteiger charge is -2.30. The van der Waals surface area contributed by atoms with Crippen LogP contribution in [-0.4, -0.2) is 41.9 Å². The SMILES string of the molecule is O=C1NC2(CCOCC2)C(=O)N1Cc1ccc2c(c1)OC(F)(F)O2. The van der Waals surface area contributed by atoms with Crippen molar-refractivity contribution in [2.75, 3.05) is 13.2 Å². The highest BCUT2D eigenvalue weighted by Gasteiger charge is 2.51. The summed E-state index contributed by atoms with van der Waals surface area (Å²) < 4.78 is 40.1. The molecule has 0 aliphatic carbocycles. The molecule has 0 saturated carbocycles. The molecule has 3 heterocycles. The van der Waals surface area contributed by atoms with Gasteiger partial charge in [0.2, 0.25) is 0 Å². The molecule has 0 unspecified atom stereocenters. The van der Waals surface area contributed by atoms with Crippen LogP contribution < -0.4 is 14.8 Å². The Balaban J connectivity index is 1.54. The van der Waals surface area contributed by atoms with Gasteiger partial charge in [0, 0.05) is 26.1 Å². The number of hydrogen-bond donors (Lipinski definition) is 1. The number of carbonyl (C=O) groups excluding carboxylic acids is 2. The lowest BCUT2D eigenvalue weighted by molar-refractivity contribution is -0.286. The van der Waals surface area contributed by atoms with Crippen LogP contribution >= 0.6 is 0 Å². The number of amides is 3. The van der Waals surface area contributed by atoms with Crippen LogP contribution in [0.15, 0.2) is 18.2 Å². The van der Waals surface area contributed by atoms with Crippen LogP contribution in [0.5, 0.6) is 11.5 Å². The Morgan fingerprint density at radius 2 is 1.83 bits per heavy atom. The zero-order valence-electron chi connectivity index (χ0n) is 12.5. The molecule has 3 aliphatic heterocycles. The summed E-state index contributed by atoms with van der Waals surface area (Å²) in [5.74, 6) is -0.522. The smallest absolute Gasteiger partial charge is 0.395 e. The molecule has 1 spiro atoms. The number of halogens is 2. The number of nitrogens with one attached hydrogen (secondary N) is 1. The summed E-state index contributed by atoms with van der Waals surface area (Å²) in [7, 11) is 0. The maximum Gasteiger partial charge on any atom is 0.586 e. The van der Waals surface area contributed by atoms with Crippen molar-refractivity contribution in [3.05, 3.63) is 23.8 Å². The topological polar surface area (TPSA) is 77.1 Å². The third-order valence-corrected chi connectivity index (χ3v) is 4.40.